The number of thiophene rings is 1. The van der Waals surface area contributed by atoms with Crippen molar-refractivity contribution in [3.63, 3.8) is 0 Å². The number of aliphatic hydroxyl groups excluding tert-OH is 1. The SMILES string of the molecule is COc1cc(-c2cc3c(s2)c(=O)n(-c2cncc(CO)c2)c(=O)n3CCC#N)c(Cl)cc1F. The molecule has 0 saturated carbocycles. The molecule has 33 heavy (non-hydrogen) atoms. The zero-order valence-electron chi connectivity index (χ0n) is 17.2. The van der Waals surface area contributed by atoms with Crippen LogP contribution in [0, 0.1) is 17.1 Å². The molecule has 3 aromatic heterocycles. The number of aliphatic hydroxyl groups is 1. The van der Waals surface area contributed by atoms with Crippen molar-refractivity contribution in [1.82, 2.24) is 14.1 Å². The van der Waals surface area contributed by atoms with Crippen LogP contribution in [-0.2, 0) is 13.2 Å². The maximum absolute atomic E-state index is 14.0. The van der Waals surface area contributed by atoms with Gasteiger partial charge in [0.25, 0.3) is 5.56 Å². The minimum Gasteiger partial charge on any atom is -0.494 e. The Balaban J connectivity index is 2.03. The fourth-order valence-corrected chi connectivity index (χ4v) is 4.87. The smallest absolute Gasteiger partial charge is 0.336 e. The molecule has 0 aliphatic rings. The maximum atomic E-state index is 14.0. The van der Waals surface area contributed by atoms with Crippen LogP contribution in [-0.4, -0.2) is 26.3 Å². The maximum Gasteiger partial charge on any atom is 0.336 e. The molecule has 0 aliphatic carbocycles. The Kier molecular flexibility index (Phi) is 6.29. The van der Waals surface area contributed by atoms with Gasteiger partial charge in [0, 0.05) is 23.2 Å². The van der Waals surface area contributed by atoms with Gasteiger partial charge in [0.15, 0.2) is 11.6 Å². The minimum absolute atomic E-state index is 0.0157. The summed E-state index contributed by atoms with van der Waals surface area (Å²) in [6.07, 6.45) is 2.81. The summed E-state index contributed by atoms with van der Waals surface area (Å²) in [6, 6.07) is 7.65. The molecule has 0 spiro atoms. The lowest BCUT2D eigenvalue weighted by molar-refractivity contribution is 0.281. The number of benzene rings is 1. The number of methoxy groups -OCH3 is 1. The van der Waals surface area contributed by atoms with Crippen molar-refractivity contribution in [2.75, 3.05) is 7.11 Å². The molecule has 168 valence electrons. The second-order valence-corrected chi connectivity index (χ2v) is 8.44. The first-order valence-electron chi connectivity index (χ1n) is 9.64. The van der Waals surface area contributed by atoms with E-state index in [1.165, 1.54) is 36.2 Å². The number of fused-ring (bicyclic) bond motifs is 1. The first-order chi connectivity index (χ1) is 15.9. The molecule has 1 N–H and O–H groups in total. The minimum atomic E-state index is -0.647. The highest BCUT2D eigenvalue weighted by Gasteiger charge is 2.20. The highest BCUT2D eigenvalue weighted by molar-refractivity contribution is 7.22. The molecular weight excluding hydrogens is 471 g/mol. The predicted octanol–water partition coefficient (Wildman–Crippen LogP) is 3.48. The molecule has 0 bridgehead atoms. The van der Waals surface area contributed by atoms with Gasteiger partial charge in [0.1, 0.15) is 4.70 Å². The van der Waals surface area contributed by atoms with Crippen LogP contribution >= 0.6 is 22.9 Å². The molecule has 11 heteroatoms. The second kappa shape index (κ2) is 9.15. The number of nitrogens with zero attached hydrogens (tertiary/aromatic N) is 4. The van der Waals surface area contributed by atoms with Gasteiger partial charge in [-0.15, -0.1) is 11.3 Å². The quantitative estimate of drug-likeness (QED) is 0.446. The number of rotatable bonds is 6. The molecule has 4 aromatic rings. The molecule has 8 nitrogen and oxygen atoms in total. The molecule has 0 fully saturated rings. The molecule has 0 amide bonds. The van der Waals surface area contributed by atoms with E-state index in [9.17, 15) is 19.1 Å². The van der Waals surface area contributed by atoms with Gasteiger partial charge in [-0.05, 0) is 29.8 Å². The third-order valence-corrected chi connectivity index (χ3v) is 6.46. The molecule has 4 rings (SSSR count). The van der Waals surface area contributed by atoms with E-state index in [1.54, 1.807) is 6.07 Å². The van der Waals surface area contributed by atoms with E-state index in [1.807, 2.05) is 6.07 Å². The third-order valence-electron chi connectivity index (χ3n) is 5.00. The van der Waals surface area contributed by atoms with Crippen LogP contribution in [0.25, 0.3) is 26.3 Å². The first kappa shape index (κ1) is 22.7. The average molecular weight is 487 g/mol. The van der Waals surface area contributed by atoms with E-state index < -0.39 is 17.1 Å². The lowest BCUT2D eigenvalue weighted by Crippen LogP contribution is -2.38. The summed E-state index contributed by atoms with van der Waals surface area (Å²) in [5, 5.41) is 18.6. The Morgan fingerprint density at radius 1 is 1.27 bits per heavy atom. The van der Waals surface area contributed by atoms with Crippen LogP contribution < -0.4 is 16.0 Å². The van der Waals surface area contributed by atoms with Crippen molar-refractivity contribution < 1.29 is 14.2 Å². The number of aryl methyl sites for hydroxylation is 1. The number of aromatic nitrogens is 3. The van der Waals surface area contributed by atoms with Gasteiger partial charge in [0.2, 0.25) is 0 Å². The number of halogens is 2. The fourth-order valence-electron chi connectivity index (χ4n) is 3.44. The topological polar surface area (TPSA) is 110 Å². The van der Waals surface area contributed by atoms with Gasteiger partial charge in [-0.1, -0.05) is 11.6 Å². The summed E-state index contributed by atoms with van der Waals surface area (Å²) < 4.78 is 21.6. The average Bonchev–Trinajstić information content (AvgIpc) is 3.24. The lowest BCUT2D eigenvalue weighted by atomic mass is 10.1. The van der Waals surface area contributed by atoms with Gasteiger partial charge < -0.3 is 9.84 Å². The number of hydrogen-bond acceptors (Lipinski definition) is 7. The largest absolute Gasteiger partial charge is 0.494 e. The summed E-state index contributed by atoms with van der Waals surface area (Å²) in [5.41, 5.74) is 0.167. The Morgan fingerprint density at radius 3 is 2.76 bits per heavy atom. The van der Waals surface area contributed by atoms with Crippen molar-refractivity contribution in [2.24, 2.45) is 0 Å². The normalized spacial score (nSPS) is 11.0. The van der Waals surface area contributed by atoms with Crippen molar-refractivity contribution in [3.8, 4) is 27.9 Å². The number of pyridine rings is 1. The summed E-state index contributed by atoms with van der Waals surface area (Å²) in [6.45, 7) is -0.260. The Labute approximate surface area is 195 Å². The number of hydrogen-bond donors (Lipinski definition) is 1. The summed E-state index contributed by atoms with van der Waals surface area (Å²) in [7, 11) is 1.33. The lowest BCUT2D eigenvalue weighted by Gasteiger charge is -2.11. The monoisotopic (exact) mass is 486 g/mol. The summed E-state index contributed by atoms with van der Waals surface area (Å²) >= 11 is 7.34. The fraction of sp³-hybridized carbons (Fsp3) is 0.182. The van der Waals surface area contributed by atoms with Crippen molar-refractivity contribution >= 4 is 33.2 Å². The second-order valence-electron chi connectivity index (χ2n) is 6.98. The molecule has 0 unspecified atom stereocenters. The highest BCUT2D eigenvalue weighted by Crippen LogP contribution is 2.38. The third kappa shape index (κ3) is 4.02. The highest BCUT2D eigenvalue weighted by atomic mass is 35.5. The Morgan fingerprint density at radius 2 is 2.06 bits per heavy atom. The van der Waals surface area contributed by atoms with E-state index in [0.29, 0.717) is 21.5 Å². The van der Waals surface area contributed by atoms with Gasteiger partial charge in [-0.25, -0.2) is 13.8 Å². The van der Waals surface area contributed by atoms with E-state index in [4.69, 9.17) is 21.6 Å². The van der Waals surface area contributed by atoms with Crippen LogP contribution in [0.1, 0.15) is 12.0 Å². The molecule has 0 radical (unpaired) electrons. The van der Waals surface area contributed by atoms with Crippen LogP contribution in [0.3, 0.4) is 0 Å². The summed E-state index contributed by atoms with van der Waals surface area (Å²) in [5.74, 6) is -0.644. The van der Waals surface area contributed by atoms with Crippen LogP contribution in [0.2, 0.25) is 5.02 Å². The zero-order chi connectivity index (χ0) is 23.7. The van der Waals surface area contributed by atoms with E-state index in [0.717, 1.165) is 22.0 Å². The van der Waals surface area contributed by atoms with Gasteiger partial charge in [-0.3, -0.25) is 14.3 Å². The van der Waals surface area contributed by atoms with Gasteiger partial charge >= 0.3 is 5.69 Å². The number of nitriles is 1. The van der Waals surface area contributed by atoms with E-state index in [-0.39, 0.29) is 40.7 Å². The van der Waals surface area contributed by atoms with E-state index >= 15 is 0 Å². The predicted molar refractivity (Wildman–Crippen MR) is 123 cm³/mol. The standard InChI is InChI=1S/C22H16ClFN4O4S/c1-32-18-6-14(15(23)7-16(18)24)19-8-17-20(33-19)21(30)28(22(31)27(17)4-2-3-25)13-5-12(11-29)9-26-10-13/h5-10,29H,2,4,11H2,1H3. The van der Waals surface area contributed by atoms with Crippen LogP contribution in [0.15, 0.2) is 46.2 Å². The molecular formula is C22H16ClFN4O4S. The van der Waals surface area contributed by atoms with Gasteiger partial charge in [-0.2, -0.15) is 5.26 Å². The molecule has 1 aromatic carbocycles. The van der Waals surface area contributed by atoms with Crippen LogP contribution in [0.4, 0.5) is 4.39 Å². The molecule has 3 heterocycles. The van der Waals surface area contributed by atoms with E-state index in [2.05, 4.69) is 4.98 Å². The summed E-state index contributed by atoms with van der Waals surface area (Å²) in [4.78, 5) is 31.2. The van der Waals surface area contributed by atoms with Gasteiger partial charge in [0.05, 0.1) is 48.6 Å². The van der Waals surface area contributed by atoms with Crippen molar-refractivity contribution in [3.05, 3.63) is 73.9 Å². The van der Waals surface area contributed by atoms with Crippen molar-refractivity contribution in [2.45, 2.75) is 19.6 Å². The zero-order valence-corrected chi connectivity index (χ0v) is 18.8. The molecule has 0 saturated heterocycles. The first-order valence-corrected chi connectivity index (χ1v) is 10.8. The Hall–Kier alpha value is -3.52. The Bertz CT molecular complexity index is 1540. The van der Waals surface area contributed by atoms with Crippen LogP contribution in [0.5, 0.6) is 5.75 Å². The molecule has 0 atom stereocenters. The number of ether oxygens (including phenoxy) is 1. The van der Waals surface area contributed by atoms with Crippen molar-refractivity contribution in [1.29, 1.82) is 5.26 Å². The molecule has 0 aliphatic heterocycles.